The van der Waals surface area contributed by atoms with Crippen LogP contribution in [0.4, 0.5) is 17.1 Å². The zero-order chi connectivity index (χ0) is 37.0. The molecule has 0 unspecified atom stereocenters. The Morgan fingerprint density at radius 2 is 0.571 bits per heavy atom. The fourth-order valence-electron chi connectivity index (χ4n) is 8.71. The third kappa shape index (κ3) is 5.26. The molecular weight excluding hydrogens is 677 g/mol. The van der Waals surface area contributed by atoms with Crippen molar-refractivity contribution in [2.24, 2.45) is 0 Å². The molecule has 262 valence electrons. The Labute approximate surface area is 326 Å². The molecule has 0 bridgehead atoms. The van der Waals surface area contributed by atoms with Gasteiger partial charge in [0.25, 0.3) is 0 Å². The summed E-state index contributed by atoms with van der Waals surface area (Å²) in [5.74, 6) is 0. The van der Waals surface area contributed by atoms with Crippen molar-refractivity contribution in [2.45, 2.75) is 0 Å². The first kappa shape index (κ1) is 32.0. The highest BCUT2D eigenvalue weighted by Gasteiger charge is 2.19. The first-order valence-corrected chi connectivity index (χ1v) is 19.3. The molecule has 0 radical (unpaired) electrons. The molecule has 0 saturated carbocycles. The van der Waals surface area contributed by atoms with Gasteiger partial charge in [-0.2, -0.15) is 0 Å². The van der Waals surface area contributed by atoms with E-state index in [9.17, 15) is 0 Å². The van der Waals surface area contributed by atoms with E-state index >= 15 is 0 Å². The molecule has 1 aromatic heterocycles. The zero-order valence-electron chi connectivity index (χ0n) is 30.7. The summed E-state index contributed by atoms with van der Waals surface area (Å²) in [5.41, 5.74) is 14.2. The average Bonchev–Trinajstić information content (AvgIpc) is 3.63. The van der Waals surface area contributed by atoms with Crippen molar-refractivity contribution >= 4 is 60.4 Å². The van der Waals surface area contributed by atoms with Gasteiger partial charge < -0.3 is 9.47 Å². The Morgan fingerprint density at radius 3 is 0.964 bits per heavy atom. The SMILES string of the molecule is c1ccc(-c2ccc(N(c3ccc(-c4ccccc4)cc3)c3ccc(-c4ccc(-n5c6cccc7c8ccccc8c8cccc5c8c76)cc4)cc3)cc2)cc1. The van der Waals surface area contributed by atoms with Crippen molar-refractivity contribution in [1.29, 1.82) is 0 Å². The molecule has 0 saturated heterocycles. The van der Waals surface area contributed by atoms with Gasteiger partial charge in [-0.1, -0.05) is 158 Å². The summed E-state index contributed by atoms with van der Waals surface area (Å²) >= 11 is 0. The van der Waals surface area contributed by atoms with E-state index in [1.807, 2.05) is 0 Å². The molecular formula is C54H36N2. The van der Waals surface area contributed by atoms with Gasteiger partial charge in [-0.25, -0.2) is 0 Å². The highest BCUT2D eigenvalue weighted by molar-refractivity contribution is 6.34. The van der Waals surface area contributed by atoms with E-state index in [0.717, 1.165) is 22.7 Å². The minimum absolute atomic E-state index is 1.11. The molecule has 2 nitrogen and oxygen atoms in total. The fourth-order valence-corrected chi connectivity index (χ4v) is 8.71. The van der Waals surface area contributed by atoms with Crippen molar-refractivity contribution in [3.63, 3.8) is 0 Å². The van der Waals surface area contributed by atoms with Crippen LogP contribution in [0.5, 0.6) is 0 Å². The van der Waals surface area contributed by atoms with Gasteiger partial charge in [0.15, 0.2) is 0 Å². The third-order valence-corrected chi connectivity index (χ3v) is 11.4. The molecule has 0 atom stereocenters. The highest BCUT2D eigenvalue weighted by Crippen LogP contribution is 2.44. The first-order valence-electron chi connectivity index (χ1n) is 19.3. The number of nitrogens with zero attached hydrogens (tertiary/aromatic N) is 2. The Kier molecular flexibility index (Phi) is 7.53. The smallest absolute Gasteiger partial charge is 0.0547 e. The standard InChI is InChI=1S/C54H36N2/c1-3-11-37(12-4-1)39-21-29-43(30-22-39)55(44-31-23-40(24-32-44)38-13-5-2-6-14-38)45-33-25-41(26-34-45)42-27-35-46(36-28-42)56-51-19-9-17-49-47-15-7-8-16-48(47)50-18-10-20-52(56)54(50)53(49)51/h1-36H. The Hall–Kier alpha value is -7.42. The predicted octanol–water partition coefficient (Wildman–Crippen LogP) is 15.0. The molecule has 0 aliphatic carbocycles. The van der Waals surface area contributed by atoms with Gasteiger partial charge in [0.05, 0.1) is 11.0 Å². The average molecular weight is 713 g/mol. The summed E-state index contributed by atoms with van der Waals surface area (Å²) in [4.78, 5) is 2.34. The summed E-state index contributed by atoms with van der Waals surface area (Å²) in [6.45, 7) is 0. The van der Waals surface area contributed by atoms with E-state index in [2.05, 4.69) is 228 Å². The monoisotopic (exact) mass is 712 g/mol. The van der Waals surface area contributed by atoms with Gasteiger partial charge in [-0.05, 0) is 116 Å². The molecule has 11 aromatic rings. The van der Waals surface area contributed by atoms with Gasteiger partial charge in [-0.15, -0.1) is 0 Å². The van der Waals surface area contributed by atoms with E-state index < -0.39 is 0 Å². The molecule has 0 aliphatic heterocycles. The maximum Gasteiger partial charge on any atom is 0.0547 e. The van der Waals surface area contributed by atoms with Crippen LogP contribution in [0.3, 0.4) is 0 Å². The van der Waals surface area contributed by atoms with E-state index in [0.29, 0.717) is 0 Å². The molecule has 1 heterocycles. The number of anilines is 3. The van der Waals surface area contributed by atoms with Crippen LogP contribution in [-0.4, -0.2) is 4.57 Å². The van der Waals surface area contributed by atoms with Crippen LogP contribution in [0.15, 0.2) is 218 Å². The van der Waals surface area contributed by atoms with Crippen molar-refractivity contribution in [3.8, 4) is 39.1 Å². The van der Waals surface area contributed by atoms with Crippen LogP contribution >= 0.6 is 0 Å². The van der Waals surface area contributed by atoms with Crippen LogP contribution in [-0.2, 0) is 0 Å². The number of hydrogen-bond donors (Lipinski definition) is 0. The van der Waals surface area contributed by atoms with Crippen LogP contribution in [0.25, 0.3) is 82.4 Å². The second-order valence-corrected chi connectivity index (χ2v) is 14.5. The largest absolute Gasteiger partial charge is 0.311 e. The molecule has 2 heteroatoms. The van der Waals surface area contributed by atoms with Gasteiger partial charge >= 0.3 is 0 Å². The van der Waals surface area contributed by atoms with E-state index in [1.165, 1.54) is 76.7 Å². The van der Waals surface area contributed by atoms with Crippen LogP contribution in [0, 0.1) is 0 Å². The molecule has 0 aliphatic rings. The second-order valence-electron chi connectivity index (χ2n) is 14.5. The number of benzene rings is 10. The van der Waals surface area contributed by atoms with E-state index in [1.54, 1.807) is 0 Å². The first-order chi connectivity index (χ1) is 27.8. The summed E-state index contributed by atoms with van der Waals surface area (Å²) in [5, 5.41) is 7.91. The quantitative estimate of drug-likeness (QED) is 0.149. The van der Waals surface area contributed by atoms with Crippen LogP contribution < -0.4 is 4.90 Å². The lowest BCUT2D eigenvalue weighted by Gasteiger charge is -2.26. The third-order valence-electron chi connectivity index (χ3n) is 11.4. The Balaban J connectivity index is 0.953. The minimum Gasteiger partial charge on any atom is -0.311 e. The van der Waals surface area contributed by atoms with Crippen molar-refractivity contribution in [1.82, 2.24) is 4.57 Å². The lowest BCUT2D eigenvalue weighted by Crippen LogP contribution is -2.09. The van der Waals surface area contributed by atoms with Crippen LogP contribution in [0.2, 0.25) is 0 Å². The number of fused-ring (bicyclic) bond motifs is 3. The summed E-state index contributed by atoms with van der Waals surface area (Å²) in [6.07, 6.45) is 0. The van der Waals surface area contributed by atoms with Gasteiger partial charge in [0.2, 0.25) is 0 Å². The molecule has 56 heavy (non-hydrogen) atoms. The summed E-state index contributed by atoms with van der Waals surface area (Å²) < 4.78 is 2.43. The lowest BCUT2D eigenvalue weighted by atomic mass is 9.95. The minimum atomic E-state index is 1.11. The molecule has 0 spiro atoms. The van der Waals surface area contributed by atoms with Gasteiger partial charge in [0, 0.05) is 33.5 Å². The van der Waals surface area contributed by atoms with Gasteiger partial charge in [0.1, 0.15) is 0 Å². The highest BCUT2D eigenvalue weighted by atomic mass is 15.1. The maximum atomic E-state index is 2.43. The lowest BCUT2D eigenvalue weighted by molar-refractivity contribution is 1.18. The van der Waals surface area contributed by atoms with Crippen molar-refractivity contribution in [3.05, 3.63) is 218 Å². The second kappa shape index (κ2) is 13.2. The molecule has 11 rings (SSSR count). The molecule has 0 N–H and O–H groups in total. The normalized spacial score (nSPS) is 11.6. The zero-order valence-corrected chi connectivity index (χ0v) is 30.7. The number of rotatable bonds is 7. The molecule has 10 aromatic carbocycles. The van der Waals surface area contributed by atoms with E-state index in [4.69, 9.17) is 0 Å². The number of aromatic nitrogens is 1. The van der Waals surface area contributed by atoms with Crippen molar-refractivity contribution in [2.75, 3.05) is 4.90 Å². The Morgan fingerprint density at radius 1 is 0.250 bits per heavy atom. The Bertz CT molecular complexity index is 2950. The number of hydrogen-bond acceptors (Lipinski definition) is 1. The predicted molar refractivity (Wildman–Crippen MR) is 238 cm³/mol. The fraction of sp³-hybridized carbons (Fsp3) is 0. The summed E-state index contributed by atoms with van der Waals surface area (Å²) in [6, 6.07) is 79.2. The van der Waals surface area contributed by atoms with E-state index in [-0.39, 0.29) is 0 Å². The van der Waals surface area contributed by atoms with Crippen LogP contribution in [0.1, 0.15) is 0 Å². The summed E-state index contributed by atoms with van der Waals surface area (Å²) in [7, 11) is 0. The molecule has 0 amide bonds. The topological polar surface area (TPSA) is 8.17 Å². The molecule has 0 fully saturated rings. The van der Waals surface area contributed by atoms with Gasteiger partial charge in [-0.3, -0.25) is 0 Å². The van der Waals surface area contributed by atoms with Crippen molar-refractivity contribution < 1.29 is 0 Å². The maximum absolute atomic E-state index is 2.43.